The third-order valence-electron chi connectivity index (χ3n) is 4.60. The van der Waals surface area contributed by atoms with Crippen LogP contribution >= 0.6 is 11.8 Å². The van der Waals surface area contributed by atoms with Gasteiger partial charge in [0.25, 0.3) is 0 Å². The molecule has 0 atom stereocenters. The van der Waals surface area contributed by atoms with Gasteiger partial charge >= 0.3 is 11.7 Å². The maximum Gasteiger partial charge on any atom is 0.335 e. The molecule has 162 valence electrons. The van der Waals surface area contributed by atoms with Gasteiger partial charge in [-0.25, -0.2) is 4.79 Å². The number of thioether (sulfide) groups is 1. The van der Waals surface area contributed by atoms with E-state index in [1.165, 1.54) is 48.2 Å². The van der Waals surface area contributed by atoms with Crippen molar-refractivity contribution >= 4 is 35.3 Å². The summed E-state index contributed by atoms with van der Waals surface area (Å²) in [5.41, 5.74) is 2.02. The zero-order chi connectivity index (χ0) is 23.3. The number of carbonyl (C=O) groups is 2. The normalized spacial score (nSPS) is 11.2. The molecule has 32 heavy (non-hydrogen) atoms. The monoisotopic (exact) mass is 451 g/mol. The second-order valence-corrected chi connectivity index (χ2v) is 7.98. The maximum absolute atomic E-state index is 13.7. The summed E-state index contributed by atoms with van der Waals surface area (Å²) in [6.07, 6.45) is 1.47. The Morgan fingerprint density at radius 3 is 2.25 bits per heavy atom. The third-order valence-corrected chi connectivity index (χ3v) is 5.69. The van der Waals surface area contributed by atoms with E-state index in [-0.39, 0.29) is 21.8 Å². The number of rotatable bonds is 8. The SMILES string of the molecule is Cc1ccc(CSC(=Cc2ccc(F)c([N+](=O)[O-])c2)C(=O)c2ccc(C(=O)O)cc2)cc1. The van der Waals surface area contributed by atoms with Crippen LogP contribution in [0.15, 0.2) is 71.6 Å². The van der Waals surface area contributed by atoms with E-state index in [9.17, 15) is 24.1 Å². The highest BCUT2D eigenvalue weighted by molar-refractivity contribution is 8.03. The van der Waals surface area contributed by atoms with E-state index >= 15 is 0 Å². The van der Waals surface area contributed by atoms with Crippen LogP contribution in [0, 0.1) is 22.9 Å². The lowest BCUT2D eigenvalue weighted by molar-refractivity contribution is -0.387. The zero-order valence-electron chi connectivity index (χ0n) is 16.9. The second-order valence-electron chi connectivity index (χ2n) is 6.96. The Morgan fingerprint density at radius 1 is 1.03 bits per heavy atom. The van der Waals surface area contributed by atoms with E-state index in [1.54, 1.807) is 0 Å². The molecule has 3 rings (SSSR count). The van der Waals surface area contributed by atoms with Gasteiger partial charge in [0.1, 0.15) is 0 Å². The summed E-state index contributed by atoms with van der Waals surface area (Å²) >= 11 is 1.24. The number of hydrogen-bond acceptors (Lipinski definition) is 5. The van der Waals surface area contributed by atoms with E-state index in [1.807, 2.05) is 31.2 Å². The number of nitro groups is 1. The Bertz CT molecular complexity index is 1200. The minimum Gasteiger partial charge on any atom is -0.478 e. The molecule has 6 nitrogen and oxygen atoms in total. The maximum atomic E-state index is 13.7. The summed E-state index contributed by atoms with van der Waals surface area (Å²) in [6.45, 7) is 1.97. The number of aryl methyl sites for hydroxylation is 1. The molecule has 0 heterocycles. The number of carbonyl (C=O) groups excluding carboxylic acids is 1. The predicted molar refractivity (Wildman–Crippen MR) is 121 cm³/mol. The molecular formula is C24H18FNO5S. The Balaban J connectivity index is 1.96. The number of hydrogen-bond donors (Lipinski definition) is 1. The Hall–Kier alpha value is -3.78. The van der Waals surface area contributed by atoms with Crippen molar-refractivity contribution in [2.24, 2.45) is 0 Å². The van der Waals surface area contributed by atoms with Crippen molar-refractivity contribution in [1.29, 1.82) is 0 Å². The van der Waals surface area contributed by atoms with Gasteiger partial charge in [-0.2, -0.15) is 4.39 Å². The first-order valence-electron chi connectivity index (χ1n) is 9.46. The summed E-state index contributed by atoms with van der Waals surface area (Å²) in [6, 6.07) is 16.7. The van der Waals surface area contributed by atoms with Crippen LogP contribution in [0.2, 0.25) is 0 Å². The summed E-state index contributed by atoms with van der Waals surface area (Å²) in [5.74, 6) is -1.97. The predicted octanol–water partition coefficient (Wildman–Crippen LogP) is 5.90. The lowest BCUT2D eigenvalue weighted by atomic mass is 10.1. The third kappa shape index (κ3) is 5.67. The van der Waals surface area contributed by atoms with Crippen molar-refractivity contribution in [1.82, 2.24) is 0 Å². The highest BCUT2D eigenvalue weighted by Gasteiger charge is 2.17. The molecule has 0 aliphatic heterocycles. The Morgan fingerprint density at radius 2 is 1.66 bits per heavy atom. The van der Waals surface area contributed by atoms with Crippen LogP contribution in [0.3, 0.4) is 0 Å². The summed E-state index contributed by atoms with van der Waals surface area (Å²) in [7, 11) is 0. The molecule has 0 saturated carbocycles. The first kappa shape index (κ1) is 22.9. The summed E-state index contributed by atoms with van der Waals surface area (Å²) in [4.78, 5) is 34.7. The molecule has 3 aromatic rings. The summed E-state index contributed by atoms with van der Waals surface area (Å²) in [5, 5.41) is 20.1. The second kappa shape index (κ2) is 10.0. The van der Waals surface area contributed by atoms with Crippen molar-refractivity contribution in [2.45, 2.75) is 12.7 Å². The molecule has 1 N–H and O–H groups in total. The molecule has 0 aromatic heterocycles. The molecule has 0 radical (unpaired) electrons. The van der Waals surface area contributed by atoms with Crippen LogP contribution in [0.25, 0.3) is 6.08 Å². The number of nitrogens with zero attached hydrogens (tertiary/aromatic N) is 1. The molecule has 0 aliphatic carbocycles. The van der Waals surface area contributed by atoms with Gasteiger partial charge in [-0.05, 0) is 42.3 Å². The van der Waals surface area contributed by atoms with Crippen LogP contribution in [0.5, 0.6) is 0 Å². The van der Waals surface area contributed by atoms with Crippen LogP contribution in [-0.2, 0) is 5.75 Å². The van der Waals surface area contributed by atoms with Crippen molar-refractivity contribution < 1.29 is 24.0 Å². The fourth-order valence-corrected chi connectivity index (χ4v) is 3.82. The smallest absolute Gasteiger partial charge is 0.335 e. The minimum atomic E-state index is -1.10. The van der Waals surface area contributed by atoms with Crippen LogP contribution < -0.4 is 0 Å². The number of aromatic carboxylic acids is 1. The van der Waals surface area contributed by atoms with Gasteiger partial charge in [0, 0.05) is 17.4 Å². The average molecular weight is 451 g/mol. The number of allylic oxidation sites excluding steroid dienone is 1. The lowest BCUT2D eigenvalue weighted by Crippen LogP contribution is -2.03. The molecule has 0 amide bonds. The topological polar surface area (TPSA) is 97.5 Å². The molecule has 0 unspecified atom stereocenters. The molecule has 8 heteroatoms. The molecule has 0 spiro atoms. The number of nitro benzene ring substituents is 1. The van der Waals surface area contributed by atoms with Gasteiger partial charge in [-0.1, -0.05) is 48.0 Å². The van der Waals surface area contributed by atoms with Gasteiger partial charge in [0.15, 0.2) is 5.78 Å². The number of carboxylic acid groups (broad SMARTS) is 1. The van der Waals surface area contributed by atoms with Crippen molar-refractivity contribution in [3.05, 3.63) is 115 Å². The molecule has 0 fully saturated rings. The quantitative estimate of drug-likeness (QED) is 0.198. The van der Waals surface area contributed by atoms with Gasteiger partial charge in [-0.15, -0.1) is 11.8 Å². The number of Topliss-reactive ketones (excluding diaryl/α,β-unsaturated/α-hetero) is 1. The van der Waals surface area contributed by atoms with E-state index in [0.29, 0.717) is 11.3 Å². The molecular weight excluding hydrogens is 433 g/mol. The lowest BCUT2D eigenvalue weighted by Gasteiger charge is -2.09. The largest absolute Gasteiger partial charge is 0.478 e. The highest BCUT2D eigenvalue weighted by Crippen LogP contribution is 2.29. The molecule has 3 aromatic carbocycles. The van der Waals surface area contributed by atoms with Crippen molar-refractivity contribution in [2.75, 3.05) is 0 Å². The molecule has 0 saturated heterocycles. The highest BCUT2D eigenvalue weighted by atomic mass is 32.2. The number of halogens is 1. The van der Waals surface area contributed by atoms with E-state index in [2.05, 4.69) is 0 Å². The van der Waals surface area contributed by atoms with Gasteiger partial charge in [0.2, 0.25) is 5.82 Å². The number of benzene rings is 3. The van der Waals surface area contributed by atoms with Crippen LogP contribution in [0.4, 0.5) is 10.1 Å². The fraction of sp³-hybridized carbons (Fsp3) is 0.0833. The first-order chi connectivity index (χ1) is 15.2. The summed E-state index contributed by atoms with van der Waals surface area (Å²) < 4.78 is 13.7. The van der Waals surface area contributed by atoms with Crippen LogP contribution in [-0.4, -0.2) is 21.8 Å². The molecule has 0 aliphatic rings. The number of carboxylic acids is 1. The van der Waals surface area contributed by atoms with E-state index < -0.39 is 22.4 Å². The van der Waals surface area contributed by atoms with Crippen LogP contribution in [0.1, 0.15) is 37.4 Å². The Kier molecular flexibility index (Phi) is 7.17. The average Bonchev–Trinajstić information content (AvgIpc) is 2.78. The fourth-order valence-electron chi connectivity index (χ4n) is 2.84. The van der Waals surface area contributed by atoms with E-state index in [0.717, 1.165) is 23.3 Å². The van der Waals surface area contributed by atoms with Gasteiger partial charge < -0.3 is 5.11 Å². The van der Waals surface area contributed by atoms with Crippen molar-refractivity contribution in [3.8, 4) is 0 Å². The standard InChI is InChI=1S/C24H18FNO5S/c1-15-2-4-16(5-3-15)14-32-22(13-17-6-11-20(25)21(12-17)26(30)31)23(27)18-7-9-19(10-8-18)24(28)29/h2-13H,14H2,1H3,(H,28,29). The number of ketones is 1. The minimum absolute atomic E-state index is 0.0496. The molecule has 0 bridgehead atoms. The Labute approximate surface area is 187 Å². The van der Waals surface area contributed by atoms with Gasteiger partial charge in [0.05, 0.1) is 15.4 Å². The zero-order valence-corrected chi connectivity index (χ0v) is 17.8. The first-order valence-corrected chi connectivity index (χ1v) is 10.4. The van der Waals surface area contributed by atoms with E-state index in [4.69, 9.17) is 5.11 Å². The van der Waals surface area contributed by atoms with Gasteiger partial charge in [-0.3, -0.25) is 14.9 Å². The van der Waals surface area contributed by atoms with Crippen molar-refractivity contribution in [3.63, 3.8) is 0 Å².